The van der Waals surface area contributed by atoms with E-state index in [1.807, 2.05) is 44.2 Å². The Morgan fingerprint density at radius 1 is 1.22 bits per heavy atom. The van der Waals surface area contributed by atoms with Crippen LogP contribution in [0.1, 0.15) is 22.4 Å². The molecule has 3 heteroatoms. The Kier molecular flexibility index (Phi) is 3.59. The first kappa shape index (κ1) is 12.1. The van der Waals surface area contributed by atoms with Crippen LogP contribution in [0.3, 0.4) is 0 Å². The van der Waals surface area contributed by atoms with Gasteiger partial charge in [0.1, 0.15) is 12.7 Å². The number of rotatable bonds is 3. The fourth-order valence-corrected chi connectivity index (χ4v) is 1.66. The van der Waals surface area contributed by atoms with Gasteiger partial charge in [-0.15, -0.1) is 0 Å². The number of nitriles is 1. The standard InChI is InChI=1S/C15H14N2O/c1-11-9-17-14(8-16)15(12(11)2)18-10-13-6-4-3-5-7-13/h3-7,9H,10H2,1-2H3. The van der Waals surface area contributed by atoms with Gasteiger partial charge in [0.2, 0.25) is 0 Å². The van der Waals surface area contributed by atoms with Crippen molar-refractivity contribution in [1.29, 1.82) is 5.26 Å². The molecule has 0 aliphatic carbocycles. The summed E-state index contributed by atoms with van der Waals surface area (Å²) in [5.41, 5.74) is 3.41. The van der Waals surface area contributed by atoms with E-state index < -0.39 is 0 Å². The van der Waals surface area contributed by atoms with Crippen molar-refractivity contribution >= 4 is 0 Å². The number of hydrogen-bond donors (Lipinski definition) is 0. The normalized spacial score (nSPS) is 9.83. The number of aryl methyl sites for hydroxylation is 1. The fraction of sp³-hybridized carbons (Fsp3) is 0.200. The molecule has 0 saturated heterocycles. The summed E-state index contributed by atoms with van der Waals surface area (Å²) < 4.78 is 5.74. The minimum absolute atomic E-state index is 0.342. The molecule has 0 saturated carbocycles. The highest BCUT2D eigenvalue weighted by Gasteiger charge is 2.10. The van der Waals surface area contributed by atoms with Crippen molar-refractivity contribution in [3.8, 4) is 11.8 Å². The van der Waals surface area contributed by atoms with Gasteiger partial charge in [-0.1, -0.05) is 30.3 Å². The van der Waals surface area contributed by atoms with Crippen molar-refractivity contribution in [3.63, 3.8) is 0 Å². The minimum Gasteiger partial charge on any atom is -0.486 e. The molecule has 1 aromatic carbocycles. The fourth-order valence-electron chi connectivity index (χ4n) is 1.66. The van der Waals surface area contributed by atoms with Crippen LogP contribution in [0.15, 0.2) is 36.5 Å². The van der Waals surface area contributed by atoms with Gasteiger partial charge in [-0.3, -0.25) is 0 Å². The Morgan fingerprint density at radius 2 is 1.94 bits per heavy atom. The largest absolute Gasteiger partial charge is 0.486 e. The van der Waals surface area contributed by atoms with Gasteiger partial charge in [0.05, 0.1) is 0 Å². The molecule has 18 heavy (non-hydrogen) atoms. The molecule has 0 fully saturated rings. The van der Waals surface area contributed by atoms with Crippen molar-refractivity contribution in [2.75, 3.05) is 0 Å². The van der Waals surface area contributed by atoms with Crippen LogP contribution in [0, 0.1) is 25.2 Å². The van der Waals surface area contributed by atoms with E-state index in [9.17, 15) is 0 Å². The van der Waals surface area contributed by atoms with Crippen LogP contribution in [-0.2, 0) is 6.61 Å². The van der Waals surface area contributed by atoms with E-state index in [0.717, 1.165) is 16.7 Å². The van der Waals surface area contributed by atoms with Crippen LogP contribution in [0.4, 0.5) is 0 Å². The number of nitrogens with zero attached hydrogens (tertiary/aromatic N) is 2. The molecule has 0 unspecified atom stereocenters. The van der Waals surface area contributed by atoms with Gasteiger partial charge < -0.3 is 4.74 Å². The summed E-state index contributed by atoms with van der Waals surface area (Å²) in [4.78, 5) is 4.08. The average molecular weight is 238 g/mol. The predicted molar refractivity (Wildman–Crippen MR) is 69.2 cm³/mol. The van der Waals surface area contributed by atoms with Crippen LogP contribution in [0.5, 0.6) is 5.75 Å². The molecule has 0 radical (unpaired) electrons. The van der Waals surface area contributed by atoms with Gasteiger partial charge in [0, 0.05) is 6.20 Å². The SMILES string of the molecule is Cc1cnc(C#N)c(OCc2ccccc2)c1C. The van der Waals surface area contributed by atoms with Gasteiger partial charge in [-0.2, -0.15) is 5.26 Å². The molecule has 3 nitrogen and oxygen atoms in total. The van der Waals surface area contributed by atoms with Crippen LogP contribution < -0.4 is 4.74 Å². The zero-order valence-electron chi connectivity index (χ0n) is 10.5. The lowest BCUT2D eigenvalue weighted by atomic mass is 10.1. The molecule has 0 amide bonds. The summed E-state index contributed by atoms with van der Waals surface area (Å²) in [6, 6.07) is 11.9. The van der Waals surface area contributed by atoms with Crippen LogP contribution in [0.2, 0.25) is 0 Å². The summed E-state index contributed by atoms with van der Waals surface area (Å²) in [6.07, 6.45) is 1.70. The van der Waals surface area contributed by atoms with Crippen molar-refractivity contribution in [2.45, 2.75) is 20.5 Å². The van der Waals surface area contributed by atoms with E-state index in [2.05, 4.69) is 11.1 Å². The third-order valence-corrected chi connectivity index (χ3v) is 2.87. The van der Waals surface area contributed by atoms with E-state index in [1.165, 1.54) is 0 Å². The predicted octanol–water partition coefficient (Wildman–Crippen LogP) is 3.15. The second-order valence-electron chi connectivity index (χ2n) is 4.13. The smallest absolute Gasteiger partial charge is 0.182 e. The number of benzene rings is 1. The first-order chi connectivity index (χ1) is 8.72. The van der Waals surface area contributed by atoms with Gasteiger partial charge in [0.15, 0.2) is 11.4 Å². The number of hydrogen-bond acceptors (Lipinski definition) is 3. The van der Waals surface area contributed by atoms with E-state index >= 15 is 0 Å². The van der Waals surface area contributed by atoms with Crippen LogP contribution >= 0.6 is 0 Å². The Balaban J connectivity index is 2.24. The van der Waals surface area contributed by atoms with E-state index in [1.54, 1.807) is 6.20 Å². The Hall–Kier alpha value is -2.34. The van der Waals surface area contributed by atoms with Gasteiger partial charge in [-0.05, 0) is 30.5 Å². The number of ether oxygens (including phenoxy) is 1. The zero-order chi connectivity index (χ0) is 13.0. The molecular weight excluding hydrogens is 224 g/mol. The summed E-state index contributed by atoms with van der Waals surface area (Å²) in [6.45, 7) is 4.35. The topological polar surface area (TPSA) is 45.9 Å². The summed E-state index contributed by atoms with van der Waals surface area (Å²) in [5.74, 6) is 0.585. The van der Waals surface area contributed by atoms with Crippen LogP contribution in [0.25, 0.3) is 0 Å². The highest BCUT2D eigenvalue weighted by molar-refractivity contribution is 5.46. The van der Waals surface area contributed by atoms with Crippen molar-refractivity contribution < 1.29 is 4.74 Å². The average Bonchev–Trinajstić information content (AvgIpc) is 2.41. The second-order valence-corrected chi connectivity index (χ2v) is 4.13. The lowest BCUT2D eigenvalue weighted by Gasteiger charge is -2.11. The molecule has 0 aliphatic heterocycles. The maximum Gasteiger partial charge on any atom is 0.182 e. The van der Waals surface area contributed by atoms with E-state index in [0.29, 0.717) is 18.1 Å². The van der Waals surface area contributed by atoms with Gasteiger partial charge in [0.25, 0.3) is 0 Å². The van der Waals surface area contributed by atoms with Crippen molar-refractivity contribution in [3.05, 3.63) is 58.9 Å². The Morgan fingerprint density at radius 3 is 2.61 bits per heavy atom. The number of aromatic nitrogens is 1. The first-order valence-corrected chi connectivity index (χ1v) is 5.75. The van der Waals surface area contributed by atoms with E-state index in [-0.39, 0.29) is 0 Å². The third kappa shape index (κ3) is 2.49. The molecule has 0 atom stereocenters. The lowest BCUT2D eigenvalue weighted by Crippen LogP contribution is -2.02. The molecule has 90 valence electrons. The summed E-state index contributed by atoms with van der Waals surface area (Å²) in [5, 5.41) is 9.04. The Labute approximate surface area is 107 Å². The molecule has 0 N–H and O–H groups in total. The minimum atomic E-state index is 0.342. The maximum atomic E-state index is 9.04. The molecule has 0 bridgehead atoms. The molecule has 2 aromatic rings. The zero-order valence-corrected chi connectivity index (χ0v) is 10.5. The Bertz CT molecular complexity index is 585. The maximum absolute atomic E-state index is 9.04. The summed E-state index contributed by atoms with van der Waals surface area (Å²) >= 11 is 0. The van der Waals surface area contributed by atoms with E-state index in [4.69, 9.17) is 10.00 Å². The van der Waals surface area contributed by atoms with Gasteiger partial charge >= 0.3 is 0 Å². The van der Waals surface area contributed by atoms with Crippen molar-refractivity contribution in [2.24, 2.45) is 0 Å². The molecule has 1 aromatic heterocycles. The highest BCUT2D eigenvalue weighted by Crippen LogP contribution is 2.24. The molecule has 0 aliphatic rings. The highest BCUT2D eigenvalue weighted by atomic mass is 16.5. The second kappa shape index (κ2) is 5.33. The van der Waals surface area contributed by atoms with Crippen LogP contribution in [-0.4, -0.2) is 4.98 Å². The molecule has 2 rings (SSSR count). The molecule has 0 spiro atoms. The van der Waals surface area contributed by atoms with Crippen molar-refractivity contribution in [1.82, 2.24) is 4.98 Å². The van der Waals surface area contributed by atoms with Gasteiger partial charge in [-0.25, -0.2) is 4.98 Å². The summed E-state index contributed by atoms with van der Waals surface area (Å²) in [7, 11) is 0. The molecule has 1 heterocycles. The number of pyridine rings is 1. The lowest BCUT2D eigenvalue weighted by molar-refractivity contribution is 0.301. The third-order valence-electron chi connectivity index (χ3n) is 2.87. The first-order valence-electron chi connectivity index (χ1n) is 5.75. The quantitative estimate of drug-likeness (QED) is 0.825. The molecular formula is C15H14N2O. The monoisotopic (exact) mass is 238 g/mol.